The SMILES string of the molecule is CCC(CCl)NC(=O)c1ccc(Cl)c(Br)c1. The maximum atomic E-state index is 11.8. The summed E-state index contributed by atoms with van der Waals surface area (Å²) in [6, 6.07) is 5.06. The van der Waals surface area contributed by atoms with Gasteiger partial charge in [-0.05, 0) is 40.5 Å². The van der Waals surface area contributed by atoms with E-state index >= 15 is 0 Å². The Balaban J connectivity index is 2.76. The number of rotatable bonds is 4. The topological polar surface area (TPSA) is 29.1 Å². The molecule has 0 aromatic heterocycles. The quantitative estimate of drug-likeness (QED) is 0.837. The second kappa shape index (κ2) is 6.48. The zero-order valence-corrected chi connectivity index (χ0v) is 11.9. The molecule has 1 unspecified atom stereocenters. The molecule has 0 saturated heterocycles. The van der Waals surface area contributed by atoms with Gasteiger partial charge in [0, 0.05) is 22.0 Å². The summed E-state index contributed by atoms with van der Waals surface area (Å²) < 4.78 is 0.709. The summed E-state index contributed by atoms with van der Waals surface area (Å²) in [5.74, 6) is 0.279. The fourth-order valence-electron chi connectivity index (χ4n) is 1.16. The van der Waals surface area contributed by atoms with Gasteiger partial charge in [-0.25, -0.2) is 0 Å². The van der Waals surface area contributed by atoms with Crippen molar-refractivity contribution in [3.8, 4) is 0 Å². The Bertz CT molecular complexity index is 380. The van der Waals surface area contributed by atoms with E-state index in [-0.39, 0.29) is 11.9 Å². The first-order valence-corrected chi connectivity index (χ1v) is 6.61. The molecule has 1 aromatic carbocycles. The van der Waals surface area contributed by atoms with Gasteiger partial charge in [0.05, 0.1) is 5.02 Å². The van der Waals surface area contributed by atoms with Crippen LogP contribution in [-0.4, -0.2) is 17.8 Å². The predicted molar refractivity (Wildman–Crippen MR) is 71.4 cm³/mol. The number of amides is 1. The average molecular weight is 325 g/mol. The van der Waals surface area contributed by atoms with E-state index in [0.29, 0.717) is 20.9 Å². The summed E-state index contributed by atoms with van der Waals surface area (Å²) in [6.07, 6.45) is 0.810. The van der Waals surface area contributed by atoms with E-state index in [2.05, 4.69) is 21.2 Å². The smallest absolute Gasteiger partial charge is 0.251 e. The average Bonchev–Trinajstić information content (AvgIpc) is 2.29. The van der Waals surface area contributed by atoms with E-state index < -0.39 is 0 Å². The van der Waals surface area contributed by atoms with Crippen molar-refractivity contribution in [2.45, 2.75) is 19.4 Å². The molecule has 1 amide bonds. The van der Waals surface area contributed by atoms with Gasteiger partial charge in [0.2, 0.25) is 0 Å². The molecule has 0 radical (unpaired) electrons. The van der Waals surface area contributed by atoms with Gasteiger partial charge in [0.1, 0.15) is 0 Å². The third-order valence-electron chi connectivity index (χ3n) is 2.20. The van der Waals surface area contributed by atoms with Crippen molar-refractivity contribution < 1.29 is 4.79 Å². The van der Waals surface area contributed by atoms with Gasteiger partial charge in [-0.1, -0.05) is 18.5 Å². The minimum Gasteiger partial charge on any atom is -0.348 e. The summed E-state index contributed by atoms with van der Waals surface area (Å²) >= 11 is 14.8. The Morgan fingerprint density at radius 3 is 2.75 bits per heavy atom. The lowest BCUT2D eigenvalue weighted by molar-refractivity contribution is 0.0939. The lowest BCUT2D eigenvalue weighted by Crippen LogP contribution is -2.35. The summed E-state index contributed by atoms with van der Waals surface area (Å²) in [7, 11) is 0. The van der Waals surface area contributed by atoms with E-state index in [0.717, 1.165) is 6.42 Å². The number of alkyl halides is 1. The molecular formula is C11H12BrCl2NO. The first kappa shape index (κ1) is 13.8. The molecular weight excluding hydrogens is 313 g/mol. The predicted octanol–water partition coefficient (Wildman–Crippen LogP) is 3.85. The Kier molecular flexibility index (Phi) is 5.59. The zero-order chi connectivity index (χ0) is 12.1. The van der Waals surface area contributed by atoms with Gasteiger partial charge >= 0.3 is 0 Å². The number of halogens is 3. The van der Waals surface area contributed by atoms with E-state index in [1.807, 2.05) is 6.92 Å². The van der Waals surface area contributed by atoms with Gasteiger partial charge in [-0.3, -0.25) is 4.79 Å². The van der Waals surface area contributed by atoms with Crippen LogP contribution in [0.5, 0.6) is 0 Å². The van der Waals surface area contributed by atoms with E-state index in [4.69, 9.17) is 23.2 Å². The molecule has 0 spiro atoms. The van der Waals surface area contributed by atoms with Crippen molar-refractivity contribution >= 4 is 45.0 Å². The molecule has 0 heterocycles. The first-order valence-electron chi connectivity index (χ1n) is 4.90. The minimum atomic E-state index is -0.134. The van der Waals surface area contributed by atoms with Gasteiger partial charge in [0.15, 0.2) is 0 Å². The highest BCUT2D eigenvalue weighted by molar-refractivity contribution is 9.10. The molecule has 2 nitrogen and oxygen atoms in total. The van der Waals surface area contributed by atoms with Crippen LogP contribution in [0.2, 0.25) is 5.02 Å². The highest BCUT2D eigenvalue weighted by Gasteiger charge is 2.12. The molecule has 0 aliphatic carbocycles. The minimum absolute atomic E-state index is 0.00335. The molecule has 1 atom stereocenters. The second-order valence-electron chi connectivity index (χ2n) is 3.36. The monoisotopic (exact) mass is 323 g/mol. The Labute approximate surface area is 113 Å². The Hall–Kier alpha value is -0.250. The summed E-state index contributed by atoms with van der Waals surface area (Å²) in [6.45, 7) is 1.98. The van der Waals surface area contributed by atoms with Gasteiger partial charge in [0.25, 0.3) is 5.91 Å². The molecule has 16 heavy (non-hydrogen) atoms. The third kappa shape index (κ3) is 3.65. The third-order valence-corrected chi connectivity index (χ3v) is 3.78. The largest absolute Gasteiger partial charge is 0.348 e. The van der Waals surface area contributed by atoms with Gasteiger partial charge < -0.3 is 5.32 Å². The molecule has 0 bridgehead atoms. The second-order valence-corrected chi connectivity index (χ2v) is 4.93. The van der Waals surface area contributed by atoms with Crippen molar-refractivity contribution in [3.05, 3.63) is 33.3 Å². The molecule has 0 fully saturated rings. The lowest BCUT2D eigenvalue weighted by Gasteiger charge is -2.13. The molecule has 1 rings (SSSR count). The maximum Gasteiger partial charge on any atom is 0.251 e. The molecule has 0 saturated carbocycles. The fourth-order valence-corrected chi connectivity index (χ4v) is 1.95. The number of carbonyl (C=O) groups excluding carboxylic acids is 1. The van der Waals surface area contributed by atoms with Crippen molar-refractivity contribution in [1.29, 1.82) is 0 Å². The van der Waals surface area contributed by atoms with Crippen LogP contribution in [0.1, 0.15) is 23.7 Å². The van der Waals surface area contributed by atoms with Crippen molar-refractivity contribution in [1.82, 2.24) is 5.32 Å². The van der Waals surface area contributed by atoms with Crippen LogP contribution in [0.4, 0.5) is 0 Å². The number of nitrogens with one attached hydrogen (secondary N) is 1. The van der Waals surface area contributed by atoms with Crippen LogP contribution >= 0.6 is 39.1 Å². The number of carbonyl (C=O) groups is 1. The molecule has 88 valence electrons. The van der Waals surface area contributed by atoms with Crippen LogP contribution in [0.3, 0.4) is 0 Å². The number of hydrogen-bond acceptors (Lipinski definition) is 1. The summed E-state index contributed by atoms with van der Waals surface area (Å²) in [5.41, 5.74) is 0.569. The van der Waals surface area contributed by atoms with Gasteiger partial charge in [-0.2, -0.15) is 0 Å². The van der Waals surface area contributed by atoms with E-state index in [9.17, 15) is 4.79 Å². The molecule has 0 aliphatic rings. The van der Waals surface area contributed by atoms with Crippen LogP contribution in [0, 0.1) is 0 Å². The Morgan fingerprint density at radius 2 is 2.25 bits per heavy atom. The van der Waals surface area contributed by atoms with Crippen molar-refractivity contribution in [2.24, 2.45) is 0 Å². The standard InChI is InChI=1S/C11H12BrCl2NO/c1-2-8(6-13)15-11(16)7-3-4-10(14)9(12)5-7/h3-5,8H,2,6H2,1H3,(H,15,16). The fraction of sp³-hybridized carbons (Fsp3) is 0.364. The molecule has 0 aliphatic heterocycles. The normalized spacial score (nSPS) is 12.2. The van der Waals surface area contributed by atoms with Gasteiger partial charge in [-0.15, -0.1) is 11.6 Å². The highest BCUT2D eigenvalue weighted by atomic mass is 79.9. The van der Waals surface area contributed by atoms with Crippen LogP contribution in [-0.2, 0) is 0 Å². The molecule has 1 N–H and O–H groups in total. The van der Waals surface area contributed by atoms with Crippen molar-refractivity contribution in [2.75, 3.05) is 5.88 Å². The summed E-state index contributed by atoms with van der Waals surface area (Å²) in [5, 5.41) is 3.43. The Morgan fingerprint density at radius 1 is 1.56 bits per heavy atom. The highest BCUT2D eigenvalue weighted by Crippen LogP contribution is 2.23. The summed E-state index contributed by atoms with van der Waals surface area (Å²) in [4.78, 5) is 11.8. The van der Waals surface area contributed by atoms with Crippen molar-refractivity contribution in [3.63, 3.8) is 0 Å². The number of benzene rings is 1. The molecule has 5 heteroatoms. The van der Waals surface area contributed by atoms with E-state index in [1.54, 1.807) is 18.2 Å². The first-order chi connectivity index (χ1) is 7.58. The van der Waals surface area contributed by atoms with Crippen LogP contribution in [0.25, 0.3) is 0 Å². The maximum absolute atomic E-state index is 11.8. The zero-order valence-electron chi connectivity index (χ0n) is 8.77. The lowest BCUT2D eigenvalue weighted by atomic mass is 10.2. The van der Waals surface area contributed by atoms with Crippen LogP contribution < -0.4 is 5.32 Å². The molecule has 1 aromatic rings. The number of hydrogen-bond donors (Lipinski definition) is 1. The van der Waals surface area contributed by atoms with E-state index in [1.165, 1.54) is 0 Å². The van der Waals surface area contributed by atoms with Crippen LogP contribution in [0.15, 0.2) is 22.7 Å².